The van der Waals surface area contributed by atoms with Crippen LogP contribution in [0.3, 0.4) is 0 Å². The molecule has 0 aromatic rings. The molecule has 3 nitrogen and oxygen atoms in total. The molecule has 0 amide bonds. The lowest BCUT2D eigenvalue weighted by atomic mass is 9.53. The van der Waals surface area contributed by atoms with Gasteiger partial charge >= 0.3 is 5.97 Å². The molecular weight excluding hydrogens is 228 g/mol. The van der Waals surface area contributed by atoms with E-state index < -0.39 is 0 Å². The molecule has 2 saturated carbocycles. The van der Waals surface area contributed by atoms with Crippen molar-refractivity contribution in [3.8, 4) is 0 Å². The monoisotopic (exact) mass is 250 g/mol. The Bertz CT molecular complexity index is 403. The molecule has 100 valence electrons. The summed E-state index contributed by atoms with van der Waals surface area (Å²) in [5.74, 6) is 0.946. The van der Waals surface area contributed by atoms with Gasteiger partial charge in [-0.05, 0) is 24.7 Å². The molecule has 3 fully saturated rings. The number of carbonyl (C=O) groups is 2. The van der Waals surface area contributed by atoms with E-state index in [1.54, 1.807) is 0 Å². The second-order valence-electron chi connectivity index (χ2n) is 6.83. The molecule has 2 aliphatic carbocycles. The number of carbonyl (C=O) groups excluding carboxylic acids is 2. The van der Waals surface area contributed by atoms with E-state index in [1.807, 2.05) is 13.8 Å². The van der Waals surface area contributed by atoms with Crippen molar-refractivity contribution in [2.45, 2.75) is 52.6 Å². The average Bonchev–Trinajstić information content (AvgIpc) is 2.60. The first kappa shape index (κ1) is 12.2. The van der Waals surface area contributed by atoms with Crippen LogP contribution in [-0.2, 0) is 14.3 Å². The van der Waals surface area contributed by atoms with Crippen molar-refractivity contribution in [1.29, 1.82) is 0 Å². The second-order valence-corrected chi connectivity index (χ2v) is 6.83. The van der Waals surface area contributed by atoms with Crippen molar-refractivity contribution in [2.24, 2.45) is 29.1 Å². The summed E-state index contributed by atoms with van der Waals surface area (Å²) in [6.45, 7) is 6.29. The lowest BCUT2D eigenvalue weighted by Crippen LogP contribution is -2.52. The topological polar surface area (TPSA) is 43.4 Å². The number of hydrogen-bond donors (Lipinski definition) is 0. The van der Waals surface area contributed by atoms with Crippen LogP contribution in [0.1, 0.15) is 46.5 Å². The zero-order valence-electron chi connectivity index (χ0n) is 11.4. The maximum atomic E-state index is 12.0. The predicted octanol–water partition coefficient (Wildman–Crippen LogP) is 2.58. The van der Waals surface area contributed by atoms with Crippen LogP contribution < -0.4 is 0 Å². The third-order valence-corrected chi connectivity index (χ3v) is 5.88. The molecule has 0 aromatic carbocycles. The van der Waals surface area contributed by atoms with Gasteiger partial charge in [0, 0.05) is 24.2 Å². The second kappa shape index (κ2) is 3.82. The van der Waals surface area contributed by atoms with E-state index in [0.717, 1.165) is 19.3 Å². The van der Waals surface area contributed by atoms with Crippen molar-refractivity contribution in [2.75, 3.05) is 0 Å². The zero-order valence-corrected chi connectivity index (χ0v) is 11.4. The van der Waals surface area contributed by atoms with Gasteiger partial charge in [-0.3, -0.25) is 9.59 Å². The molecule has 6 atom stereocenters. The highest BCUT2D eigenvalue weighted by atomic mass is 16.6. The summed E-state index contributed by atoms with van der Waals surface area (Å²) in [7, 11) is 0. The van der Waals surface area contributed by atoms with Crippen LogP contribution in [0.4, 0.5) is 0 Å². The lowest BCUT2D eigenvalue weighted by molar-refractivity contribution is -0.158. The molecule has 3 aliphatic rings. The Morgan fingerprint density at radius 1 is 1.17 bits per heavy atom. The van der Waals surface area contributed by atoms with E-state index in [2.05, 4.69) is 6.92 Å². The molecule has 0 spiro atoms. The van der Waals surface area contributed by atoms with Gasteiger partial charge in [-0.1, -0.05) is 20.8 Å². The Kier molecular flexibility index (Phi) is 2.58. The molecule has 0 N–H and O–H groups in total. The Hall–Kier alpha value is -0.860. The van der Waals surface area contributed by atoms with Crippen molar-refractivity contribution in [3.05, 3.63) is 0 Å². The SMILES string of the molecule is CC1C(=O)CC[C@]2(C)CC[C@H]3C(C)C(=O)O[C@@H]3C12. The molecule has 18 heavy (non-hydrogen) atoms. The number of esters is 1. The smallest absolute Gasteiger partial charge is 0.309 e. The first-order valence-electron chi connectivity index (χ1n) is 7.17. The minimum Gasteiger partial charge on any atom is -0.461 e. The summed E-state index contributed by atoms with van der Waals surface area (Å²) in [6.07, 6.45) is 3.87. The predicted molar refractivity (Wildman–Crippen MR) is 66.8 cm³/mol. The number of ether oxygens (including phenoxy) is 1. The van der Waals surface area contributed by atoms with Gasteiger partial charge in [0.15, 0.2) is 0 Å². The van der Waals surface area contributed by atoms with E-state index >= 15 is 0 Å². The fourth-order valence-corrected chi connectivity index (χ4v) is 4.62. The third kappa shape index (κ3) is 1.49. The fourth-order valence-electron chi connectivity index (χ4n) is 4.62. The Balaban J connectivity index is 1.96. The van der Waals surface area contributed by atoms with Crippen LogP contribution in [0.5, 0.6) is 0 Å². The average molecular weight is 250 g/mol. The molecule has 3 rings (SSSR count). The molecular formula is C15H22O3. The van der Waals surface area contributed by atoms with Gasteiger partial charge in [0.05, 0.1) is 5.92 Å². The fraction of sp³-hybridized carbons (Fsp3) is 0.867. The maximum absolute atomic E-state index is 12.0. The summed E-state index contributed by atoms with van der Waals surface area (Å²) in [4.78, 5) is 23.8. The molecule has 0 radical (unpaired) electrons. The van der Waals surface area contributed by atoms with Crippen LogP contribution in [-0.4, -0.2) is 17.9 Å². The number of ketones is 1. The van der Waals surface area contributed by atoms with Crippen molar-refractivity contribution >= 4 is 11.8 Å². The molecule has 1 saturated heterocycles. The van der Waals surface area contributed by atoms with Crippen LogP contribution in [0, 0.1) is 29.1 Å². The highest BCUT2D eigenvalue weighted by Crippen LogP contribution is 2.56. The molecule has 3 heteroatoms. The largest absolute Gasteiger partial charge is 0.461 e. The maximum Gasteiger partial charge on any atom is 0.309 e. The Morgan fingerprint density at radius 3 is 2.61 bits per heavy atom. The number of hydrogen-bond acceptors (Lipinski definition) is 3. The minimum atomic E-state index is -0.0560. The van der Waals surface area contributed by atoms with Gasteiger partial charge in [-0.15, -0.1) is 0 Å². The Morgan fingerprint density at radius 2 is 1.89 bits per heavy atom. The van der Waals surface area contributed by atoms with Gasteiger partial charge in [-0.2, -0.15) is 0 Å². The molecule has 3 unspecified atom stereocenters. The minimum absolute atomic E-state index is 0.00880. The van der Waals surface area contributed by atoms with E-state index in [9.17, 15) is 9.59 Å². The number of Topliss-reactive ketones (excluding diaryl/α,β-unsaturated/α-hetero) is 1. The van der Waals surface area contributed by atoms with Gasteiger partial charge in [0.25, 0.3) is 0 Å². The van der Waals surface area contributed by atoms with Crippen LogP contribution in [0.15, 0.2) is 0 Å². The number of rotatable bonds is 0. The summed E-state index contributed by atoms with van der Waals surface area (Å²) >= 11 is 0. The first-order valence-corrected chi connectivity index (χ1v) is 7.17. The molecule has 1 aliphatic heterocycles. The molecule has 0 aromatic heterocycles. The standard InChI is InChI=1S/C15H22O3/c1-8-10-4-6-15(3)7-5-11(16)9(2)12(15)13(10)18-14(8)17/h8-10,12-13H,4-7H2,1-3H3/t8?,9?,10-,12?,13-,15-/m0/s1. The van der Waals surface area contributed by atoms with E-state index in [-0.39, 0.29) is 35.2 Å². The normalized spacial score (nSPS) is 51.6. The van der Waals surface area contributed by atoms with Crippen LogP contribution in [0.2, 0.25) is 0 Å². The summed E-state index contributed by atoms with van der Waals surface area (Å²) in [5, 5.41) is 0. The number of fused-ring (bicyclic) bond motifs is 3. The van der Waals surface area contributed by atoms with Crippen molar-refractivity contribution in [1.82, 2.24) is 0 Å². The van der Waals surface area contributed by atoms with E-state index in [1.165, 1.54) is 0 Å². The van der Waals surface area contributed by atoms with E-state index in [4.69, 9.17) is 4.74 Å². The zero-order chi connectivity index (χ0) is 13.1. The highest BCUT2D eigenvalue weighted by Gasteiger charge is 2.58. The van der Waals surface area contributed by atoms with Gasteiger partial charge in [-0.25, -0.2) is 0 Å². The Labute approximate surface area is 108 Å². The summed E-state index contributed by atoms with van der Waals surface area (Å²) in [5.41, 5.74) is 0.193. The van der Waals surface area contributed by atoms with Crippen LogP contribution >= 0.6 is 0 Å². The van der Waals surface area contributed by atoms with Crippen molar-refractivity contribution < 1.29 is 14.3 Å². The quantitative estimate of drug-likeness (QED) is 0.621. The van der Waals surface area contributed by atoms with E-state index in [0.29, 0.717) is 18.1 Å². The van der Waals surface area contributed by atoms with Gasteiger partial charge in [0.1, 0.15) is 11.9 Å². The third-order valence-electron chi connectivity index (χ3n) is 5.88. The lowest BCUT2D eigenvalue weighted by Gasteiger charge is -2.51. The van der Waals surface area contributed by atoms with Crippen LogP contribution in [0.25, 0.3) is 0 Å². The van der Waals surface area contributed by atoms with Gasteiger partial charge < -0.3 is 4.74 Å². The first-order chi connectivity index (χ1) is 8.44. The summed E-state index contributed by atoms with van der Waals surface area (Å²) < 4.78 is 5.64. The van der Waals surface area contributed by atoms with Gasteiger partial charge in [0.2, 0.25) is 0 Å². The van der Waals surface area contributed by atoms with Crippen molar-refractivity contribution in [3.63, 3.8) is 0 Å². The highest BCUT2D eigenvalue weighted by molar-refractivity contribution is 5.82. The molecule has 1 heterocycles. The molecule has 0 bridgehead atoms. The summed E-state index contributed by atoms with van der Waals surface area (Å²) in [6, 6.07) is 0.